The largest absolute Gasteiger partial charge is 0.383 e. The topological polar surface area (TPSA) is 110 Å². The third-order valence-electron chi connectivity index (χ3n) is 3.97. The van der Waals surface area contributed by atoms with Gasteiger partial charge in [-0.05, 0) is 31.9 Å². The fourth-order valence-corrected chi connectivity index (χ4v) is 2.51. The van der Waals surface area contributed by atoms with Gasteiger partial charge in [-0.15, -0.1) is 0 Å². The molecule has 1 aliphatic carbocycles. The molecule has 2 N–H and O–H groups in total. The van der Waals surface area contributed by atoms with E-state index < -0.39 is 4.92 Å². The van der Waals surface area contributed by atoms with Gasteiger partial charge >= 0.3 is 0 Å². The van der Waals surface area contributed by atoms with Crippen molar-refractivity contribution in [2.24, 2.45) is 0 Å². The van der Waals surface area contributed by atoms with E-state index in [4.69, 9.17) is 0 Å². The minimum absolute atomic E-state index is 0.0471. The second-order valence-electron chi connectivity index (χ2n) is 5.98. The van der Waals surface area contributed by atoms with E-state index >= 15 is 0 Å². The van der Waals surface area contributed by atoms with Gasteiger partial charge in [-0.3, -0.25) is 14.9 Å². The van der Waals surface area contributed by atoms with Gasteiger partial charge in [0, 0.05) is 43.0 Å². The van der Waals surface area contributed by atoms with Crippen molar-refractivity contribution in [3.63, 3.8) is 0 Å². The lowest BCUT2D eigenvalue weighted by Gasteiger charge is -2.10. The zero-order valence-electron chi connectivity index (χ0n) is 13.9. The quantitative estimate of drug-likeness (QED) is 0.454. The average molecular weight is 341 g/mol. The molecule has 3 rings (SSSR count). The Bertz CT molecular complexity index is 787. The van der Waals surface area contributed by atoms with E-state index in [1.807, 2.05) is 6.92 Å². The van der Waals surface area contributed by atoms with Crippen LogP contribution in [0.3, 0.4) is 0 Å². The Kier molecular flexibility index (Phi) is 4.87. The molecule has 0 radical (unpaired) electrons. The predicted octanol–water partition coefficient (Wildman–Crippen LogP) is 2.41. The number of rotatable bonds is 7. The Hall–Kier alpha value is -3.03. The van der Waals surface area contributed by atoms with E-state index in [9.17, 15) is 14.9 Å². The summed E-state index contributed by atoms with van der Waals surface area (Å²) in [6.45, 7) is 2.75. The van der Waals surface area contributed by atoms with E-state index in [2.05, 4.69) is 20.6 Å². The van der Waals surface area contributed by atoms with Crippen LogP contribution in [0.4, 0.5) is 11.4 Å². The lowest BCUT2D eigenvalue weighted by Crippen LogP contribution is -2.30. The Balaban J connectivity index is 1.50. The summed E-state index contributed by atoms with van der Waals surface area (Å²) >= 11 is 0. The van der Waals surface area contributed by atoms with Crippen molar-refractivity contribution < 1.29 is 9.72 Å². The number of carbonyl (C=O) groups is 1. The molecule has 0 aliphatic heterocycles. The summed E-state index contributed by atoms with van der Waals surface area (Å²) in [5.41, 5.74) is 2.19. The summed E-state index contributed by atoms with van der Waals surface area (Å²) in [7, 11) is 0. The van der Waals surface area contributed by atoms with Crippen molar-refractivity contribution in [1.82, 2.24) is 15.3 Å². The first kappa shape index (κ1) is 16.8. The summed E-state index contributed by atoms with van der Waals surface area (Å²) in [4.78, 5) is 31.1. The molecule has 1 amide bonds. The van der Waals surface area contributed by atoms with Gasteiger partial charge in [0.25, 0.3) is 11.6 Å². The van der Waals surface area contributed by atoms with Crippen LogP contribution in [-0.4, -0.2) is 33.9 Å². The molecule has 1 fully saturated rings. The van der Waals surface area contributed by atoms with Gasteiger partial charge in [0.1, 0.15) is 5.82 Å². The second-order valence-corrected chi connectivity index (χ2v) is 5.98. The van der Waals surface area contributed by atoms with E-state index in [0.29, 0.717) is 30.4 Å². The summed E-state index contributed by atoms with van der Waals surface area (Å²) in [6.07, 6.45) is 3.73. The minimum Gasteiger partial charge on any atom is -0.383 e. The molecule has 1 aromatic carbocycles. The first-order valence-corrected chi connectivity index (χ1v) is 8.14. The van der Waals surface area contributed by atoms with Gasteiger partial charge < -0.3 is 10.6 Å². The normalized spacial score (nSPS) is 13.3. The Labute approximate surface area is 144 Å². The molecule has 25 heavy (non-hydrogen) atoms. The zero-order chi connectivity index (χ0) is 17.8. The van der Waals surface area contributed by atoms with Crippen molar-refractivity contribution in [2.75, 3.05) is 18.4 Å². The Morgan fingerprint density at radius 2 is 2.00 bits per heavy atom. The molecule has 0 saturated heterocycles. The number of aromatic nitrogens is 2. The van der Waals surface area contributed by atoms with Crippen LogP contribution in [0.2, 0.25) is 0 Å². The first-order chi connectivity index (χ1) is 12.0. The van der Waals surface area contributed by atoms with Crippen LogP contribution in [0.5, 0.6) is 0 Å². The van der Waals surface area contributed by atoms with Crippen LogP contribution >= 0.6 is 0 Å². The molecule has 8 nitrogen and oxygen atoms in total. The fraction of sp³-hybridized carbons (Fsp3) is 0.353. The third-order valence-corrected chi connectivity index (χ3v) is 3.97. The summed E-state index contributed by atoms with van der Waals surface area (Å²) in [6, 6.07) is 6.15. The third kappa shape index (κ3) is 4.28. The number of amides is 1. The van der Waals surface area contributed by atoms with Crippen LogP contribution in [0.15, 0.2) is 30.5 Å². The molecular formula is C17H19N5O3. The first-order valence-electron chi connectivity index (χ1n) is 8.14. The number of nitro benzene ring substituents is 1. The molecule has 8 heteroatoms. The number of hydrogen-bond acceptors (Lipinski definition) is 6. The lowest BCUT2D eigenvalue weighted by atomic mass is 10.1. The van der Waals surface area contributed by atoms with E-state index in [0.717, 1.165) is 24.2 Å². The molecule has 0 bridgehead atoms. The maximum atomic E-state index is 12.3. The van der Waals surface area contributed by atoms with Gasteiger partial charge in [0.05, 0.1) is 16.2 Å². The highest BCUT2D eigenvalue weighted by Gasteiger charge is 2.30. The van der Waals surface area contributed by atoms with Crippen molar-refractivity contribution in [2.45, 2.75) is 25.7 Å². The molecule has 0 spiro atoms. The Morgan fingerprint density at radius 3 is 2.64 bits per heavy atom. The highest BCUT2D eigenvalue weighted by molar-refractivity contribution is 5.95. The number of nitrogens with zero attached hydrogens (tertiary/aromatic N) is 3. The summed E-state index contributed by atoms with van der Waals surface area (Å²) in [5.74, 6) is 0.881. The highest BCUT2D eigenvalue weighted by atomic mass is 16.6. The standard InChI is InChI=1S/C17H19N5O3/c1-11-20-10-15(16(21-11)12-2-3-12)17(23)19-9-8-18-13-4-6-14(7-5-13)22(24)25/h4-7,10,12,18H,2-3,8-9H2,1H3,(H,19,23). The number of hydrogen-bond donors (Lipinski definition) is 2. The second kappa shape index (κ2) is 7.25. The number of carbonyl (C=O) groups excluding carboxylic acids is 1. The van der Waals surface area contributed by atoms with Crippen LogP contribution in [0, 0.1) is 17.0 Å². The van der Waals surface area contributed by atoms with E-state index in [1.165, 1.54) is 12.1 Å². The van der Waals surface area contributed by atoms with E-state index in [1.54, 1.807) is 18.3 Å². The number of nitrogens with one attached hydrogen (secondary N) is 2. The molecule has 0 atom stereocenters. The smallest absolute Gasteiger partial charge is 0.269 e. The molecule has 1 saturated carbocycles. The number of anilines is 1. The van der Waals surface area contributed by atoms with Crippen molar-refractivity contribution >= 4 is 17.3 Å². The van der Waals surface area contributed by atoms with E-state index in [-0.39, 0.29) is 11.6 Å². The fourth-order valence-electron chi connectivity index (χ4n) is 2.51. The number of non-ortho nitro benzene ring substituents is 1. The van der Waals surface area contributed by atoms with Crippen molar-refractivity contribution in [3.05, 3.63) is 57.7 Å². The SMILES string of the molecule is Cc1ncc(C(=O)NCCNc2ccc([N+](=O)[O-])cc2)c(C2CC2)n1. The van der Waals surface area contributed by atoms with Gasteiger partial charge in [0.2, 0.25) is 0 Å². The molecule has 2 aromatic rings. The molecular weight excluding hydrogens is 322 g/mol. The van der Waals surface area contributed by atoms with Crippen molar-refractivity contribution in [1.29, 1.82) is 0 Å². The van der Waals surface area contributed by atoms with Gasteiger partial charge in [-0.1, -0.05) is 0 Å². The zero-order valence-corrected chi connectivity index (χ0v) is 13.9. The number of aryl methyl sites for hydroxylation is 1. The predicted molar refractivity (Wildman–Crippen MR) is 92.7 cm³/mol. The number of nitro groups is 1. The highest BCUT2D eigenvalue weighted by Crippen LogP contribution is 2.40. The molecule has 1 heterocycles. The molecule has 0 unspecified atom stereocenters. The maximum absolute atomic E-state index is 12.3. The van der Waals surface area contributed by atoms with Gasteiger partial charge in [-0.2, -0.15) is 0 Å². The van der Waals surface area contributed by atoms with Crippen LogP contribution in [-0.2, 0) is 0 Å². The summed E-state index contributed by atoms with van der Waals surface area (Å²) in [5, 5.41) is 16.6. The monoisotopic (exact) mass is 341 g/mol. The van der Waals surface area contributed by atoms with Crippen LogP contribution in [0.1, 0.15) is 40.6 Å². The van der Waals surface area contributed by atoms with Crippen molar-refractivity contribution in [3.8, 4) is 0 Å². The maximum Gasteiger partial charge on any atom is 0.269 e. The van der Waals surface area contributed by atoms with Crippen LogP contribution < -0.4 is 10.6 Å². The lowest BCUT2D eigenvalue weighted by molar-refractivity contribution is -0.384. The Morgan fingerprint density at radius 1 is 1.28 bits per heavy atom. The average Bonchev–Trinajstić information content (AvgIpc) is 3.44. The number of benzene rings is 1. The molecule has 130 valence electrons. The molecule has 1 aliphatic rings. The summed E-state index contributed by atoms with van der Waals surface area (Å²) < 4.78 is 0. The minimum atomic E-state index is -0.439. The van der Waals surface area contributed by atoms with Crippen LogP contribution in [0.25, 0.3) is 0 Å². The van der Waals surface area contributed by atoms with Gasteiger partial charge in [0.15, 0.2) is 0 Å². The molecule has 1 aromatic heterocycles. The van der Waals surface area contributed by atoms with Gasteiger partial charge in [-0.25, -0.2) is 9.97 Å².